The number of hydrogen-bond donors (Lipinski definition) is 3. The predicted molar refractivity (Wildman–Crippen MR) is 106 cm³/mol. The number of anilines is 1. The molecule has 2 aliphatic rings. The molecule has 1 heterocycles. The molecule has 3 atom stereocenters. The van der Waals surface area contributed by atoms with Crippen LogP contribution in [0.1, 0.15) is 32.1 Å². The predicted octanol–water partition coefficient (Wildman–Crippen LogP) is 2.18. The molecule has 6 nitrogen and oxygen atoms in total. The minimum atomic E-state index is -0.347. The van der Waals surface area contributed by atoms with Crippen LogP contribution in [0.4, 0.5) is 5.69 Å². The highest BCUT2D eigenvalue weighted by Gasteiger charge is 2.40. The van der Waals surface area contributed by atoms with Crippen LogP contribution < -0.4 is 20.7 Å². The molecular weight excluding hydrogens is 354 g/mol. The summed E-state index contributed by atoms with van der Waals surface area (Å²) in [6.45, 7) is 0. The third-order valence-corrected chi connectivity index (χ3v) is 5.49. The van der Waals surface area contributed by atoms with Crippen LogP contribution in [0.25, 0.3) is 0 Å². The number of carbonyl (C=O) groups is 2. The minimum Gasteiger partial charge on any atom is -0.457 e. The van der Waals surface area contributed by atoms with Crippen molar-refractivity contribution < 1.29 is 19.6 Å². The van der Waals surface area contributed by atoms with Crippen molar-refractivity contribution in [2.75, 3.05) is 5.32 Å². The van der Waals surface area contributed by atoms with Crippen LogP contribution in [0.15, 0.2) is 54.6 Å². The van der Waals surface area contributed by atoms with Gasteiger partial charge < -0.3 is 20.7 Å². The zero-order valence-electron chi connectivity index (χ0n) is 15.8. The monoisotopic (exact) mass is 380 g/mol. The minimum absolute atomic E-state index is 0.0232. The molecule has 4 rings (SSSR count). The normalized spacial score (nSPS) is 24.0. The summed E-state index contributed by atoms with van der Waals surface area (Å²) in [6, 6.07) is 17.1. The van der Waals surface area contributed by atoms with Crippen molar-refractivity contribution >= 4 is 17.5 Å². The summed E-state index contributed by atoms with van der Waals surface area (Å²) in [5, 5.41) is 8.08. The van der Waals surface area contributed by atoms with E-state index in [-0.39, 0.29) is 30.3 Å². The fourth-order valence-corrected chi connectivity index (χ4v) is 4.05. The molecule has 146 valence electrons. The molecule has 6 heteroatoms. The lowest BCUT2D eigenvalue weighted by molar-refractivity contribution is -0.718. The van der Waals surface area contributed by atoms with Crippen molar-refractivity contribution in [3.63, 3.8) is 0 Å². The SMILES string of the molecule is O=C(C[C@H]1[NH2+][C@H]2CCCC[C@@H]2NC1=O)Nc1ccc(Oc2ccccc2)cc1. The fourth-order valence-electron chi connectivity index (χ4n) is 4.05. The Bertz CT molecular complexity index is 823. The first-order valence-electron chi connectivity index (χ1n) is 9.95. The van der Waals surface area contributed by atoms with Crippen LogP contribution in [-0.2, 0) is 9.59 Å². The molecule has 2 aromatic rings. The van der Waals surface area contributed by atoms with Crippen molar-refractivity contribution in [1.82, 2.24) is 5.32 Å². The zero-order chi connectivity index (χ0) is 19.3. The van der Waals surface area contributed by atoms with E-state index in [2.05, 4.69) is 16.0 Å². The number of quaternary nitrogens is 1. The van der Waals surface area contributed by atoms with Crippen LogP contribution in [0.3, 0.4) is 0 Å². The number of rotatable bonds is 5. The quantitative estimate of drug-likeness (QED) is 0.743. The van der Waals surface area contributed by atoms with Gasteiger partial charge in [0.2, 0.25) is 5.91 Å². The molecule has 1 saturated carbocycles. The van der Waals surface area contributed by atoms with Gasteiger partial charge in [-0.15, -0.1) is 0 Å². The largest absolute Gasteiger partial charge is 0.457 e. The Morgan fingerprint density at radius 3 is 2.54 bits per heavy atom. The molecule has 1 aliphatic heterocycles. The van der Waals surface area contributed by atoms with Crippen LogP contribution >= 0.6 is 0 Å². The van der Waals surface area contributed by atoms with Gasteiger partial charge in [0.25, 0.3) is 5.91 Å². The average Bonchev–Trinajstić information content (AvgIpc) is 2.71. The molecule has 4 N–H and O–H groups in total. The lowest BCUT2D eigenvalue weighted by Gasteiger charge is -2.37. The van der Waals surface area contributed by atoms with Gasteiger partial charge in [0.1, 0.15) is 17.5 Å². The number of piperazine rings is 1. The van der Waals surface area contributed by atoms with Gasteiger partial charge in [-0.05, 0) is 49.2 Å². The fraction of sp³-hybridized carbons (Fsp3) is 0.364. The standard InChI is InChI=1S/C22H25N3O3/c26-21(14-20-22(27)25-19-9-5-4-8-18(19)24-20)23-15-10-12-17(13-11-15)28-16-6-2-1-3-7-16/h1-3,6-7,10-13,18-20,24H,4-5,8-9,14H2,(H,23,26)(H,25,27)/p+1/t18-,19-,20+/m0/s1. The summed E-state index contributed by atoms with van der Waals surface area (Å²) in [7, 11) is 0. The maximum Gasteiger partial charge on any atom is 0.279 e. The number of benzene rings is 2. The number of nitrogens with two attached hydrogens (primary N) is 1. The van der Waals surface area contributed by atoms with E-state index in [0.717, 1.165) is 18.6 Å². The maximum atomic E-state index is 12.4. The molecule has 0 spiro atoms. The lowest BCUT2D eigenvalue weighted by Crippen LogP contribution is -3.03. The van der Waals surface area contributed by atoms with E-state index < -0.39 is 0 Å². The first kappa shape index (κ1) is 18.5. The van der Waals surface area contributed by atoms with E-state index in [1.54, 1.807) is 12.1 Å². The van der Waals surface area contributed by atoms with E-state index in [1.807, 2.05) is 42.5 Å². The Labute approximate surface area is 164 Å². The molecule has 2 amide bonds. The number of hydrogen-bond acceptors (Lipinski definition) is 3. The van der Waals surface area contributed by atoms with Gasteiger partial charge in [0.05, 0.1) is 12.5 Å². The van der Waals surface area contributed by atoms with Crippen LogP contribution in [0.2, 0.25) is 0 Å². The summed E-state index contributed by atoms with van der Waals surface area (Å²) < 4.78 is 5.75. The summed E-state index contributed by atoms with van der Waals surface area (Å²) in [5.74, 6) is 1.29. The summed E-state index contributed by atoms with van der Waals surface area (Å²) >= 11 is 0. The molecule has 0 bridgehead atoms. The van der Waals surface area contributed by atoms with Gasteiger partial charge in [-0.3, -0.25) is 9.59 Å². The highest BCUT2D eigenvalue weighted by Crippen LogP contribution is 2.23. The van der Waals surface area contributed by atoms with Crippen molar-refractivity contribution in [1.29, 1.82) is 0 Å². The van der Waals surface area contributed by atoms with Gasteiger partial charge in [0, 0.05) is 12.1 Å². The molecule has 1 aliphatic carbocycles. The van der Waals surface area contributed by atoms with Gasteiger partial charge in [-0.2, -0.15) is 0 Å². The van der Waals surface area contributed by atoms with Crippen LogP contribution in [0, 0.1) is 0 Å². The molecule has 2 fully saturated rings. The summed E-state index contributed by atoms with van der Waals surface area (Å²) in [6.07, 6.45) is 4.70. The van der Waals surface area contributed by atoms with Crippen molar-refractivity contribution in [3.05, 3.63) is 54.6 Å². The maximum absolute atomic E-state index is 12.4. The molecule has 1 saturated heterocycles. The van der Waals surface area contributed by atoms with Crippen molar-refractivity contribution in [2.24, 2.45) is 0 Å². The van der Waals surface area contributed by atoms with Gasteiger partial charge in [-0.1, -0.05) is 24.6 Å². The third kappa shape index (κ3) is 4.51. The third-order valence-electron chi connectivity index (χ3n) is 5.49. The lowest BCUT2D eigenvalue weighted by atomic mass is 9.87. The van der Waals surface area contributed by atoms with E-state index in [4.69, 9.17) is 4.74 Å². The second-order valence-corrected chi connectivity index (χ2v) is 7.55. The Kier molecular flexibility index (Phi) is 5.58. The number of fused-ring (bicyclic) bond motifs is 1. The highest BCUT2D eigenvalue weighted by molar-refractivity contribution is 5.95. The average molecular weight is 380 g/mol. The Balaban J connectivity index is 1.30. The van der Waals surface area contributed by atoms with Gasteiger partial charge in [-0.25, -0.2) is 0 Å². The number of ether oxygens (including phenoxy) is 1. The Hall–Kier alpha value is -2.86. The Morgan fingerprint density at radius 1 is 1.04 bits per heavy atom. The summed E-state index contributed by atoms with van der Waals surface area (Å²) in [4.78, 5) is 24.7. The molecule has 0 unspecified atom stereocenters. The van der Waals surface area contributed by atoms with E-state index >= 15 is 0 Å². The van der Waals surface area contributed by atoms with Crippen molar-refractivity contribution in [3.8, 4) is 11.5 Å². The zero-order valence-corrected chi connectivity index (χ0v) is 15.8. The van der Waals surface area contributed by atoms with Gasteiger partial charge in [0.15, 0.2) is 6.04 Å². The van der Waals surface area contributed by atoms with Crippen molar-refractivity contribution in [2.45, 2.75) is 50.2 Å². The second-order valence-electron chi connectivity index (χ2n) is 7.55. The topological polar surface area (TPSA) is 84.0 Å². The second kappa shape index (κ2) is 8.44. The number of amides is 2. The Morgan fingerprint density at radius 2 is 1.75 bits per heavy atom. The van der Waals surface area contributed by atoms with Gasteiger partial charge >= 0.3 is 0 Å². The number of carbonyl (C=O) groups excluding carboxylic acids is 2. The number of para-hydroxylation sites is 1. The molecular formula is C22H26N3O3+. The van der Waals surface area contributed by atoms with Crippen LogP contribution in [-0.4, -0.2) is 29.9 Å². The summed E-state index contributed by atoms with van der Waals surface area (Å²) in [5.41, 5.74) is 0.692. The number of nitrogens with one attached hydrogen (secondary N) is 2. The van der Waals surface area contributed by atoms with E-state index in [9.17, 15) is 9.59 Å². The first-order valence-corrected chi connectivity index (χ1v) is 9.95. The molecule has 28 heavy (non-hydrogen) atoms. The molecule has 0 radical (unpaired) electrons. The van der Waals surface area contributed by atoms with Crippen LogP contribution in [0.5, 0.6) is 11.5 Å². The van der Waals surface area contributed by atoms with E-state index in [0.29, 0.717) is 17.5 Å². The molecule has 2 aromatic carbocycles. The van der Waals surface area contributed by atoms with E-state index in [1.165, 1.54) is 12.8 Å². The molecule has 0 aromatic heterocycles. The smallest absolute Gasteiger partial charge is 0.279 e. The highest BCUT2D eigenvalue weighted by atomic mass is 16.5. The first-order chi connectivity index (χ1) is 13.7.